The molecule has 0 aliphatic heterocycles. The summed E-state index contributed by atoms with van der Waals surface area (Å²) in [6, 6.07) is 0. The third-order valence-corrected chi connectivity index (χ3v) is 1.90. The molecule has 56 valence electrons. The molecule has 0 unspecified atom stereocenters. The van der Waals surface area contributed by atoms with E-state index in [9.17, 15) is 5.11 Å². The van der Waals surface area contributed by atoms with Gasteiger partial charge in [-0.05, 0) is 24.3 Å². The van der Waals surface area contributed by atoms with Crippen molar-refractivity contribution in [3.63, 3.8) is 0 Å². The fraction of sp³-hybridized carbons (Fsp3) is 0.556. The minimum absolute atomic E-state index is 0.239. The van der Waals surface area contributed by atoms with Crippen LogP contribution >= 0.6 is 0 Å². The molecule has 1 nitrogen and oxygen atoms in total. The van der Waals surface area contributed by atoms with Crippen molar-refractivity contribution in [3.8, 4) is 0 Å². The summed E-state index contributed by atoms with van der Waals surface area (Å²) in [5.41, 5.74) is 1.19. The van der Waals surface area contributed by atoms with Crippen LogP contribution in [0, 0.1) is 5.92 Å². The van der Waals surface area contributed by atoms with Crippen LogP contribution in [-0.2, 0) is 0 Å². The molecule has 0 saturated carbocycles. The lowest BCUT2D eigenvalue weighted by Gasteiger charge is -2.20. The smallest absolute Gasteiger partial charge is 0.0729 e. The Morgan fingerprint density at radius 3 is 3.00 bits per heavy atom. The molecule has 0 heterocycles. The van der Waals surface area contributed by atoms with Crippen LogP contribution in [0.15, 0.2) is 24.3 Å². The predicted octanol–water partition coefficient (Wildman–Crippen LogP) is 1.89. The second-order valence-corrected chi connectivity index (χ2v) is 3.06. The van der Waals surface area contributed by atoms with Gasteiger partial charge in [0.1, 0.15) is 0 Å². The molecule has 0 saturated heterocycles. The number of aliphatic hydroxyl groups excluding tert-OH is 1. The molecule has 0 spiro atoms. The van der Waals surface area contributed by atoms with Crippen LogP contribution < -0.4 is 0 Å². The molecule has 0 aromatic carbocycles. The van der Waals surface area contributed by atoms with E-state index in [-0.39, 0.29) is 6.10 Å². The van der Waals surface area contributed by atoms with Crippen LogP contribution in [-0.4, -0.2) is 11.2 Å². The van der Waals surface area contributed by atoms with Gasteiger partial charge >= 0.3 is 0 Å². The van der Waals surface area contributed by atoms with Gasteiger partial charge in [-0.1, -0.05) is 25.7 Å². The highest BCUT2D eigenvalue weighted by molar-refractivity contribution is 5.20. The SMILES string of the molecule is C=CC1=C[C@H](O)C[C@H](C)C1. The first kappa shape index (κ1) is 7.55. The Morgan fingerprint density at radius 1 is 1.80 bits per heavy atom. The molecule has 10 heavy (non-hydrogen) atoms. The first-order valence-corrected chi connectivity index (χ1v) is 3.73. The van der Waals surface area contributed by atoms with Gasteiger partial charge in [0.25, 0.3) is 0 Å². The molecule has 0 bridgehead atoms. The summed E-state index contributed by atoms with van der Waals surface area (Å²) in [7, 11) is 0. The second kappa shape index (κ2) is 3.02. The summed E-state index contributed by atoms with van der Waals surface area (Å²) < 4.78 is 0. The summed E-state index contributed by atoms with van der Waals surface area (Å²) in [6.07, 6.45) is 5.46. The molecule has 0 amide bonds. The first-order chi connectivity index (χ1) is 4.72. The third-order valence-electron chi connectivity index (χ3n) is 1.90. The number of hydrogen-bond acceptors (Lipinski definition) is 1. The largest absolute Gasteiger partial charge is 0.389 e. The van der Waals surface area contributed by atoms with Crippen LogP contribution in [0.5, 0.6) is 0 Å². The lowest BCUT2D eigenvalue weighted by molar-refractivity contribution is 0.181. The standard InChI is InChI=1S/C9H14O/c1-3-8-4-7(2)5-9(10)6-8/h3,6-7,9-10H,1,4-5H2,2H3/t7-,9-/m1/s1. The van der Waals surface area contributed by atoms with Crippen molar-refractivity contribution in [2.75, 3.05) is 0 Å². The van der Waals surface area contributed by atoms with Crippen LogP contribution in [0.4, 0.5) is 0 Å². The van der Waals surface area contributed by atoms with Crippen LogP contribution in [0.25, 0.3) is 0 Å². The predicted molar refractivity (Wildman–Crippen MR) is 42.7 cm³/mol. The molecule has 0 radical (unpaired) electrons. The molecular formula is C9H14O. The van der Waals surface area contributed by atoms with Crippen LogP contribution in [0.3, 0.4) is 0 Å². The lowest BCUT2D eigenvalue weighted by atomic mass is 9.89. The molecule has 0 aromatic heterocycles. The van der Waals surface area contributed by atoms with Crippen molar-refractivity contribution in [3.05, 3.63) is 24.3 Å². The van der Waals surface area contributed by atoms with Crippen LogP contribution in [0.2, 0.25) is 0 Å². The molecule has 1 aliphatic carbocycles. The maximum atomic E-state index is 9.26. The highest BCUT2D eigenvalue weighted by Crippen LogP contribution is 2.23. The Labute approximate surface area is 62.1 Å². The van der Waals surface area contributed by atoms with E-state index in [0.717, 1.165) is 12.8 Å². The quantitative estimate of drug-likeness (QED) is 0.586. The minimum Gasteiger partial charge on any atom is -0.389 e. The molecule has 2 atom stereocenters. The topological polar surface area (TPSA) is 20.2 Å². The highest BCUT2D eigenvalue weighted by atomic mass is 16.3. The van der Waals surface area contributed by atoms with Gasteiger partial charge < -0.3 is 5.11 Å². The molecule has 0 aromatic rings. The zero-order valence-corrected chi connectivity index (χ0v) is 6.38. The number of aliphatic hydroxyl groups is 1. The van der Waals surface area contributed by atoms with Crippen molar-refractivity contribution in [1.82, 2.24) is 0 Å². The number of allylic oxidation sites excluding steroid dienone is 2. The van der Waals surface area contributed by atoms with E-state index in [1.54, 1.807) is 0 Å². The average molecular weight is 138 g/mol. The van der Waals surface area contributed by atoms with E-state index in [2.05, 4.69) is 13.5 Å². The minimum atomic E-state index is -0.239. The van der Waals surface area contributed by atoms with Gasteiger partial charge in [0, 0.05) is 0 Å². The fourth-order valence-electron chi connectivity index (χ4n) is 1.43. The van der Waals surface area contributed by atoms with Gasteiger partial charge in [-0.15, -0.1) is 0 Å². The summed E-state index contributed by atoms with van der Waals surface area (Å²) in [6.45, 7) is 5.83. The molecule has 1 heteroatoms. The van der Waals surface area contributed by atoms with Crippen molar-refractivity contribution in [1.29, 1.82) is 0 Å². The van der Waals surface area contributed by atoms with Crippen molar-refractivity contribution in [2.24, 2.45) is 5.92 Å². The van der Waals surface area contributed by atoms with E-state index < -0.39 is 0 Å². The van der Waals surface area contributed by atoms with E-state index >= 15 is 0 Å². The summed E-state index contributed by atoms with van der Waals surface area (Å²) in [5.74, 6) is 0.605. The fourth-order valence-corrected chi connectivity index (χ4v) is 1.43. The van der Waals surface area contributed by atoms with Gasteiger partial charge in [0.05, 0.1) is 6.10 Å². The molecular weight excluding hydrogens is 124 g/mol. The van der Waals surface area contributed by atoms with E-state index in [1.165, 1.54) is 5.57 Å². The Kier molecular flexibility index (Phi) is 2.28. The zero-order valence-electron chi connectivity index (χ0n) is 6.38. The highest BCUT2D eigenvalue weighted by Gasteiger charge is 2.14. The first-order valence-electron chi connectivity index (χ1n) is 3.73. The van der Waals surface area contributed by atoms with Crippen LogP contribution in [0.1, 0.15) is 19.8 Å². The normalized spacial score (nSPS) is 33.2. The lowest BCUT2D eigenvalue weighted by Crippen LogP contribution is -2.15. The molecule has 1 rings (SSSR count). The van der Waals surface area contributed by atoms with Gasteiger partial charge in [-0.3, -0.25) is 0 Å². The monoisotopic (exact) mass is 138 g/mol. The van der Waals surface area contributed by atoms with E-state index in [1.807, 2.05) is 12.2 Å². The molecule has 0 fully saturated rings. The van der Waals surface area contributed by atoms with Gasteiger partial charge in [-0.25, -0.2) is 0 Å². The summed E-state index contributed by atoms with van der Waals surface area (Å²) in [4.78, 5) is 0. The van der Waals surface area contributed by atoms with E-state index in [0.29, 0.717) is 5.92 Å². The molecule has 1 aliphatic rings. The number of hydrogen-bond donors (Lipinski definition) is 1. The maximum Gasteiger partial charge on any atom is 0.0729 e. The Balaban J connectivity index is 2.65. The Hall–Kier alpha value is -0.560. The third kappa shape index (κ3) is 1.71. The van der Waals surface area contributed by atoms with Gasteiger partial charge in [0.15, 0.2) is 0 Å². The van der Waals surface area contributed by atoms with E-state index in [4.69, 9.17) is 0 Å². The van der Waals surface area contributed by atoms with Crippen molar-refractivity contribution in [2.45, 2.75) is 25.9 Å². The Morgan fingerprint density at radius 2 is 2.50 bits per heavy atom. The zero-order chi connectivity index (χ0) is 7.56. The second-order valence-electron chi connectivity index (χ2n) is 3.06. The average Bonchev–Trinajstić information content (AvgIpc) is 1.85. The summed E-state index contributed by atoms with van der Waals surface area (Å²) >= 11 is 0. The maximum absolute atomic E-state index is 9.26. The summed E-state index contributed by atoms with van der Waals surface area (Å²) in [5, 5.41) is 9.26. The number of rotatable bonds is 1. The van der Waals surface area contributed by atoms with Gasteiger partial charge in [0.2, 0.25) is 0 Å². The van der Waals surface area contributed by atoms with Gasteiger partial charge in [-0.2, -0.15) is 0 Å². The van der Waals surface area contributed by atoms with Crippen molar-refractivity contribution < 1.29 is 5.11 Å². The Bertz CT molecular complexity index is 158. The van der Waals surface area contributed by atoms with Crippen molar-refractivity contribution >= 4 is 0 Å². The molecule has 1 N–H and O–H groups in total.